The van der Waals surface area contributed by atoms with E-state index in [-0.39, 0.29) is 10.9 Å². The lowest BCUT2D eigenvalue weighted by atomic mass is 9.90. The van der Waals surface area contributed by atoms with E-state index < -0.39 is 0 Å². The van der Waals surface area contributed by atoms with Gasteiger partial charge in [-0.05, 0) is 48.3 Å². The summed E-state index contributed by atoms with van der Waals surface area (Å²) in [6.45, 7) is 0. The molecule has 3 rings (SSSR count). The van der Waals surface area contributed by atoms with Gasteiger partial charge in [-0.3, -0.25) is 5.43 Å². The van der Waals surface area contributed by atoms with Crippen molar-refractivity contribution in [2.75, 3.05) is 5.32 Å². The van der Waals surface area contributed by atoms with Crippen molar-refractivity contribution < 1.29 is 4.39 Å². The summed E-state index contributed by atoms with van der Waals surface area (Å²) >= 11 is 5.15. The van der Waals surface area contributed by atoms with E-state index in [1.165, 1.54) is 17.2 Å². The molecule has 0 heterocycles. The molecule has 112 valence electrons. The summed E-state index contributed by atoms with van der Waals surface area (Å²) in [4.78, 5) is 0. The first-order chi connectivity index (χ1) is 10.7. The number of anilines is 1. The molecule has 0 saturated heterocycles. The van der Waals surface area contributed by atoms with Gasteiger partial charge in [0.25, 0.3) is 0 Å². The smallest absolute Gasteiger partial charge is 0.191 e. The highest BCUT2D eigenvalue weighted by molar-refractivity contribution is 7.80. The van der Waals surface area contributed by atoms with Gasteiger partial charge < -0.3 is 5.32 Å². The second-order valence-electron chi connectivity index (χ2n) is 5.17. The van der Waals surface area contributed by atoms with Crippen LogP contribution in [0.5, 0.6) is 0 Å². The predicted molar refractivity (Wildman–Crippen MR) is 91.7 cm³/mol. The van der Waals surface area contributed by atoms with Gasteiger partial charge in [-0.25, -0.2) is 4.39 Å². The van der Waals surface area contributed by atoms with Crippen LogP contribution in [-0.4, -0.2) is 10.8 Å². The van der Waals surface area contributed by atoms with Gasteiger partial charge in [-0.15, -0.1) is 0 Å². The molecule has 0 aromatic heterocycles. The lowest BCUT2D eigenvalue weighted by molar-refractivity contribution is 0.632. The highest BCUT2D eigenvalue weighted by Gasteiger charge is 2.13. The van der Waals surface area contributed by atoms with Crippen LogP contribution in [0.15, 0.2) is 53.6 Å². The van der Waals surface area contributed by atoms with E-state index in [1.54, 1.807) is 18.2 Å². The van der Waals surface area contributed by atoms with Crippen molar-refractivity contribution in [2.45, 2.75) is 19.3 Å². The normalized spacial score (nSPS) is 15.2. The van der Waals surface area contributed by atoms with Crippen molar-refractivity contribution in [3.8, 4) is 0 Å². The largest absolute Gasteiger partial charge is 0.329 e. The standard InChI is InChI=1S/C17H16FN3S/c18-15-7-3-4-8-16(15)19-17(22)21-20-14-10-9-12-5-1-2-6-13(12)11-14/h1-8H,9-11H2,(H2,19,21,22)/b20-14+. The number of para-hydroxylation sites is 1. The molecule has 0 bridgehead atoms. The van der Waals surface area contributed by atoms with Crippen LogP contribution in [0.25, 0.3) is 0 Å². The van der Waals surface area contributed by atoms with Gasteiger partial charge in [-0.1, -0.05) is 36.4 Å². The van der Waals surface area contributed by atoms with Crippen molar-refractivity contribution in [3.05, 3.63) is 65.5 Å². The number of hydrogen-bond donors (Lipinski definition) is 2. The van der Waals surface area contributed by atoms with Gasteiger partial charge in [0, 0.05) is 12.1 Å². The summed E-state index contributed by atoms with van der Waals surface area (Å²) in [7, 11) is 0. The maximum Gasteiger partial charge on any atom is 0.191 e. The fourth-order valence-electron chi connectivity index (χ4n) is 2.50. The Morgan fingerprint density at radius 1 is 1.00 bits per heavy atom. The van der Waals surface area contributed by atoms with Crippen LogP contribution in [-0.2, 0) is 12.8 Å². The fourth-order valence-corrected chi connectivity index (χ4v) is 2.65. The topological polar surface area (TPSA) is 36.4 Å². The van der Waals surface area contributed by atoms with Crippen LogP contribution in [0.2, 0.25) is 0 Å². The zero-order valence-corrected chi connectivity index (χ0v) is 12.8. The van der Waals surface area contributed by atoms with E-state index in [4.69, 9.17) is 12.2 Å². The highest BCUT2D eigenvalue weighted by Crippen LogP contribution is 2.19. The summed E-state index contributed by atoms with van der Waals surface area (Å²) in [6.07, 6.45) is 2.72. The average Bonchev–Trinajstić information content (AvgIpc) is 2.55. The van der Waals surface area contributed by atoms with E-state index in [2.05, 4.69) is 34.0 Å². The third kappa shape index (κ3) is 3.49. The number of hydrogen-bond acceptors (Lipinski definition) is 2. The van der Waals surface area contributed by atoms with Crippen molar-refractivity contribution in [2.24, 2.45) is 5.10 Å². The van der Waals surface area contributed by atoms with Crippen molar-refractivity contribution in [1.29, 1.82) is 0 Å². The van der Waals surface area contributed by atoms with Gasteiger partial charge in [0.2, 0.25) is 0 Å². The van der Waals surface area contributed by atoms with Gasteiger partial charge in [0.05, 0.1) is 5.69 Å². The molecule has 1 aliphatic rings. The first-order valence-electron chi connectivity index (χ1n) is 7.16. The molecule has 3 nitrogen and oxygen atoms in total. The molecule has 0 saturated carbocycles. The highest BCUT2D eigenvalue weighted by atomic mass is 32.1. The van der Waals surface area contributed by atoms with Crippen LogP contribution < -0.4 is 10.7 Å². The summed E-state index contributed by atoms with van der Waals surface area (Å²) in [5, 5.41) is 7.44. The molecule has 0 radical (unpaired) electrons. The van der Waals surface area contributed by atoms with Crippen LogP contribution in [0, 0.1) is 5.82 Å². The SMILES string of the molecule is Fc1ccccc1NC(=S)N/N=C1\CCc2ccccc2C1. The molecule has 0 unspecified atom stereocenters. The molecule has 1 aliphatic carbocycles. The number of nitrogens with zero attached hydrogens (tertiary/aromatic N) is 1. The maximum absolute atomic E-state index is 13.5. The first kappa shape index (κ1) is 14.7. The van der Waals surface area contributed by atoms with E-state index in [1.807, 2.05) is 6.07 Å². The Morgan fingerprint density at radius 3 is 2.55 bits per heavy atom. The Kier molecular flexibility index (Phi) is 4.44. The number of fused-ring (bicyclic) bond motifs is 1. The fraction of sp³-hybridized carbons (Fsp3) is 0.176. The monoisotopic (exact) mass is 313 g/mol. The molecular weight excluding hydrogens is 297 g/mol. The van der Waals surface area contributed by atoms with Gasteiger partial charge in [0.1, 0.15) is 5.82 Å². The number of thiocarbonyl (C=S) groups is 1. The third-order valence-electron chi connectivity index (χ3n) is 3.63. The molecule has 2 aromatic rings. The number of halogens is 1. The Bertz CT molecular complexity index is 727. The van der Waals surface area contributed by atoms with Gasteiger partial charge >= 0.3 is 0 Å². The molecule has 0 fully saturated rings. The van der Waals surface area contributed by atoms with Crippen molar-refractivity contribution in [1.82, 2.24) is 5.43 Å². The van der Waals surface area contributed by atoms with E-state index in [9.17, 15) is 4.39 Å². The van der Waals surface area contributed by atoms with Gasteiger partial charge in [-0.2, -0.15) is 5.10 Å². The lowest BCUT2D eigenvalue weighted by Crippen LogP contribution is -2.27. The maximum atomic E-state index is 13.5. The van der Waals surface area contributed by atoms with E-state index in [0.717, 1.165) is 25.0 Å². The summed E-state index contributed by atoms with van der Waals surface area (Å²) in [6, 6.07) is 14.8. The Labute approximate surface area is 134 Å². The van der Waals surface area contributed by atoms with Crippen molar-refractivity contribution >= 4 is 28.7 Å². The zero-order chi connectivity index (χ0) is 15.4. The minimum atomic E-state index is -0.342. The zero-order valence-electron chi connectivity index (χ0n) is 12.0. The van der Waals surface area contributed by atoms with Crippen LogP contribution in [0.3, 0.4) is 0 Å². The Morgan fingerprint density at radius 2 is 1.73 bits per heavy atom. The predicted octanol–water partition coefficient (Wildman–Crippen LogP) is 3.66. The molecule has 0 amide bonds. The van der Waals surface area contributed by atoms with E-state index in [0.29, 0.717) is 5.69 Å². The van der Waals surface area contributed by atoms with Gasteiger partial charge in [0.15, 0.2) is 5.11 Å². The molecule has 2 aromatic carbocycles. The molecule has 2 N–H and O–H groups in total. The number of rotatable bonds is 2. The first-order valence-corrected chi connectivity index (χ1v) is 7.57. The summed E-state index contributed by atoms with van der Waals surface area (Å²) in [5.74, 6) is -0.342. The average molecular weight is 313 g/mol. The summed E-state index contributed by atoms with van der Waals surface area (Å²) in [5.41, 5.74) is 6.89. The lowest BCUT2D eigenvalue weighted by Gasteiger charge is -2.17. The second-order valence-corrected chi connectivity index (χ2v) is 5.58. The Balaban J connectivity index is 1.61. The summed E-state index contributed by atoms with van der Waals surface area (Å²) < 4.78 is 13.5. The minimum Gasteiger partial charge on any atom is -0.329 e. The molecular formula is C17H16FN3S. The molecule has 22 heavy (non-hydrogen) atoms. The number of nitrogens with one attached hydrogen (secondary N) is 2. The molecule has 0 spiro atoms. The molecule has 0 aliphatic heterocycles. The second kappa shape index (κ2) is 6.66. The third-order valence-corrected chi connectivity index (χ3v) is 3.83. The number of hydrazone groups is 1. The quantitative estimate of drug-likeness (QED) is 0.656. The van der Waals surface area contributed by atoms with E-state index >= 15 is 0 Å². The van der Waals surface area contributed by atoms with Crippen molar-refractivity contribution in [3.63, 3.8) is 0 Å². The number of aryl methyl sites for hydroxylation is 1. The molecule has 5 heteroatoms. The molecule has 0 atom stereocenters. The Hall–Kier alpha value is -2.27. The van der Waals surface area contributed by atoms with Crippen LogP contribution in [0.4, 0.5) is 10.1 Å². The van der Waals surface area contributed by atoms with Crippen LogP contribution >= 0.6 is 12.2 Å². The van der Waals surface area contributed by atoms with Crippen LogP contribution in [0.1, 0.15) is 17.5 Å². The minimum absolute atomic E-state index is 0.288. The number of benzene rings is 2.